The highest BCUT2D eigenvalue weighted by molar-refractivity contribution is 5.87. The van der Waals surface area contributed by atoms with Gasteiger partial charge in [0.05, 0.1) is 5.56 Å². The van der Waals surface area contributed by atoms with E-state index >= 15 is 0 Å². The Balaban J connectivity index is 0.00000112. The lowest BCUT2D eigenvalue weighted by Crippen LogP contribution is -2.16. The Hall–Kier alpha value is -1.06. The molecule has 0 spiro atoms. The molecule has 15 heavy (non-hydrogen) atoms. The molecule has 4 heteroatoms. The van der Waals surface area contributed by atoms with E-state index in [9.17, 15) is 4.79 Å². The first kappa shape index (κ1) is 12.0. The third kappa shape index (κ3) is 2.70. The van der Waals surface area contributed by atoms with Crippen LogP contribution < -0.4 is 5.32 Å². The topological polar surface area (TPSA) is 49.3 Å². The fourth-order valence-electron chi connectivity index (χ4n) is 1.81. The van der Waals surface area contributed by atoms with Crippen LogP contribution in [0.1, 0.15) is 21.5 Å². The van der Waals surface area contributed by atoms with Gasteiger partial charge in [-0.05, 0) is 49.2 Å². The van der Waals surface area contributed by atoms with Crippen molar-refractivity contribution in [1.29, 1.82) is 0 Å². The standard InChI is InChI=1S/C11H13NO2.ClH/c13-11(14)10-2-1-8-3-5-12-6-4-9(8)7-10;/h1-2,7,12H,3-6H2,(H,13,14);1H. The molecule has 0 fully saturated rings. The second-order valence-corrected chi connectivity index (χ2v) is 3.54. The number of rotatable bonds is 1. The predicted molar refractivity (Wildman–Crippen MR) is 60.9 cm³/mol. The summed E-state index contributed by atoms with van der Waals surface area (Å²) >= 11 is 0. The van der Waals surface area contributed by atoms with Crippen LogP contribution in [0.3, 0.4) is 0 Å². The van der Waals surface area contributed by atoms with Crippen molar-refractivity contribution in [3.8, 4) is 0 Å². The first-order valence-electron chi connectivity index (χ1n) is 4.83. The second-order valence-electron chi connectivity index (χ2n) is 3.54. The Morgan fingerprint density at radius 3 is 2.53 bits per heavy atom. The number of nitrogens with one attached hydrogen (secondary N) is 1. The van der Waals surface area contributed by atoms with Crippen LogP contribution in [-0.4, -0.2) is 24.2 Å². The van der Waals surface area contributed by atoms with Crippen molar-refractivity contribution in [3.05, 3.63) is 34.9 Å². The minimum absolute atomic E-state index is 0. The molecule has 0 aromatic heterocycles. The summed E-state index contributed by atoms with van der Waals surface area (Å²) in [6.45, 7) is 1.93. The first-order chi connectivity index (χ1) is 6.77. The van der Waals surface area contributed by atoms with Gasteiger partial charge < -0.3 is 10.4 Å². The number of carboxylic acids is 1. The summed E-state index contributed by atoms with van der Waals surface area (Å²) in [5.41, 5.74) is 2.85. The molecule has 0 aliphatic carbocycles. The van der Waals surface area contributed by atoms with Gasteiger partial charge in [0.15, 0.2) is 0 Å². The second kappa shape index (κ2) is 5.14. The van der Waals surface area contributed by atoms with E-state index in [1.807, 2.05) is 6.07 Å². The summed E-state index contributed by atoms with van der Waals surface area (Å²) < 4.78 is 0. The van der Waals surface area contributed by atoms with Crippen LogP contribution in [0, 0.1) is 0 Å². The molecule has 1 aliphatic heterocycles. The van der Waals surface area contributed by atoms with Crippen LogP contribution >= 0.6 is 12.4 Å². The molecule has 0 atom stereocenters. The Morgan fingerprint density at radius 2 is 1.87 bits per heavy atom. The van der Waals surface area contributed by atoms with Gasteiger partial charge >= 0.3 is 5.97 Å². The molecule has 82 valence electrons. The molecule has 0 amide bonds. The molecular weight excluding hydrogens is 214 g/mol. The summed E-state index contributed by atoms with van der Waals surface area (Å²) in [4.78, 5) is 10.8. The van der Waals surface area contributed by atoms with Crippen molar-refractivity contribution >= 4 is 18.4 Å². The summed E-state index contributed by atoms with van der Waals surface area (Å²) in [6.07, 6.45) is 1.92. The maximum absolute atomic E-state index is 10.8. The molecule has 1 heterocycles. The van der Waals surface area contributed by atoms with E-state index in [-0.39, 0.29) is 12.4 Å². The van der Waals surface area contributed by atoms with Crippen molar-refractivity contribution in [2.75, 3.05) is 13.1 Å². The van der Waals surface area contributed by atoms with Gasteiger partial charge in [0.1, 0.15) is 0 Å². The number of carboxylic acid groups (broad SMARTS) is 1. The van der Waals surface area contributed by atoms with E-state index < -0.39 is 5.97 Å². The highest BCUT2D eigenvalue weighted by atomic mass is 35.5. The van der Waals surface area contributed by atoms with Crippen molar-refractivity contribution in [3.63, 3.8) is 0 Å². The number of carbonyl (C=O) groups is 1. The van der Waals surface area contributed by atoms with E-state index in [0.29, 0.717) is 5.56 Å². The molecule has 0 saturated heterocycles. The number of fused-ring (bicyclic) bond motifs is 1. The summed E-state index contributed by atoms with van der Waals surface area (Å²) in [5.74, 6) is -0.843. The molecule has 1 aromatic rings. The maximum Gasteiger partial charge on any atom is 0.335 e. The lowest BCUT2D eigenvalue weighted by atomic mass is 10.0. The summed E-state index contributed by atoms with van der Waals surface area (Å²) in [6, 6.07) is 5.42. The van der Waals surface area contributed by atoms with Gasteiger partial charge in [-0.1, -0.05) is 6.07 Å². The van der Waals surface area contributed by atoms with Gasteiger partial charge in [-0.25, -0.2) is 4.79 Å². The molecule has 0 unspecified atom stereocenters. The zero-order valence-electron chi connectivity index (χ0n) is 8.32. The fraction of sp³-hybridized carbons (Fsp3) is 0.364. The van der Waals surface area contributed by atoms with Crippen LogP contribution in [0.15, 0.2) is 18.2 Å². The van der Waals surface area contributed by atoms with Crippen molar-refractivity contribution in [2.45, 2.75) is 12.8 Å². The highest BCUT2D eigenvalue weighted by Gasteiger charge is 2.10. The summed E-state index contributed by atoms with van der Waals surface area (Å²) in [7, 11) is 0. The lowest BCUT2D eigenvalue weighted by Gasteiger charge is -2.05. The van der Waals surface area contributed by atoms with E-state index in [2.05, 4.69) is 5.32 Å². The predicted octanol–water partition coefficient (Wildman–Crippen LogP) is 1.49. The van der Waals surface area contributed by atoms with E-state index in [1.165, 1.54) is 11.1 Å². The normalized spacial score (nSPS) is 14.7. The number of hydrogen-bond donors (Lipinski definition) is 2. The van der Waals surface area contributed by atoms with Crippen LogP contribution in [0.5, 0.6) is 0 Å². The molecule has 0 bridgehead atoms. The quantitative estimate of drug-likeness (QED) is 0.765. The van der Waals surface area contributed by atoms with Gasteiger partial charge in [0.2, 0.25) is 0 Å². The first-order valence-corrected chi connectivity index (χ1v) is 4.83. The third-order valence-electron chi connectivity index (χ3n) is 2.60. The van der Waals surface area contributed by atoms with Gasteiger partial charge in [-0.15, -0.1) is 12.4 Å². The van der Waals surface area contributed by atoms with Crippen LogP contribution in [-0.2, 0) is 12.8 Å². The number of halogens is 1. The molecule has 3 nitrogen and oxygen atoms in total. The SMILES string of the molecule is Cl.O=C(O)c1ccc2c(c1)CCNCC2. The largest absolute Gasteiger partial charge is 0.478 e. The Kier molecular flexibility index (Phi) is 4.12. The number of aromatic carboxylic acids is 1. The average Bonchev–Trinajstić information content (AvgIpc) is 2.41. The number of benzene rings is 1. The minimum Gasteiger partial charge on any atom is -0.478 e. The van der Waals surface area contributed by atoms with Gasteiger partial charge in [0, 0.05) is 0 Å². The van der Waals surface area contributed by atoms with Gasteiger partial charge in [-0.2, -0.15) is 0 Å². The van der Waals surface area contributed by atoms with E-state index in [4.69, 9.17) is 5.11 Å². The molecule has 1 aliphatic rings. The zero-order valence-corrected chi connectivity index (χ0v) is 9.14. The van der Waals surface area contributed by atoms with E-state index in [0.717, 1.165) is 25.9 Å². The van der Waals surface area contributed by atoms with E-state index in [1.54, 1.807) is 12.1 Å². The van der Waals surface area contributed by atoms with Crippen LogP contribution in [0.4, 0.5) is 0 Å². The number of hydrogen-bond acceptors (Lipinski definition) is 2. The Bertz CT molecular complexity index is 366. The maximum atomic E-state index is 10.8. The molecule has 0 radical (unpaired) electrons. The van der Waals surface area contributed by atoms with Crippen molar-refractivity contribution < 1.29 is 9.90 Å². The Morgan fingerprint density at radius 1 is 1.20 bits per heavy atom. The third-order valence-corrected chi connectivity index (χ3v) is 2.60. The lowest BCUT2D eigenvalue weighted by molar-refractivity contribution is 0.0697. The van der Waals surface area contributed by atoms with Crippen molar-refractivity contribution in [2.24, 2.45) is 0 Å². The molecule has 0 saturated carbocycles. The fourth-order valence-corrected chi connectivity index (χ4v) is 1.81. The Labute approximate surface area is 94.9 Å². The van der Waals surface area contributed by atoms with Crippen LogP contribution in [0.2, 0.25) is 0 Å². The smallest absolute Gasteiger partial charge is 0.335 e. The zero-order chi connectivity index (χ0) is 9.97. The van der Waals surface area contributed by atoms with Crippen molar-refractivity contribution in [1.82, 2.24) is 5.32 Å². The molecule has 2 rings (SSSR count). The molecule has 2 N–H and O–H groups in total. The average molecular weight is 228 g/mol. The molecular formula is C11H14ClNO2. The highest BCUT2D eigenvalue weighted by Crippen LogP contribution is 2.15. The van der Waals surface area contributed by atoms with Gasteiger partial charge in [-0.3, -0.25) is 0 Å². The molecule has 1 aromatic carbocycles. The monoisotopic (exact) mass is 227 g/mol. The summed E-state index contributed by atoms with van der Waals surface area (Å²) in [5, 5.41) is 12.1. The minimum atomic E-state index is -0.843. The van der Waals surface area contributed by atoms with Gasteiger partial charge in [0.25, 0.3) is 0 Å². The van der Waals surface area contributed by atoms with Crippen LogP contribution in [0.25, 0.3) is 0 Å².